The van der Waals surface area contributed by atoms with Crippen molar-refractivity contribution < 1.29 is 117 Å². The summed E-state index contributed by atoms with van der Waals surface area (Å²) in [5, 5.41) is 108. The van der Waals surface area contributed by atoms with E-state index in [1.807, 2.05) is 27.7 Å². The van der Waals surface area contributed by atoms with E-state index in [2.05, 4.69) is 21.3 Å². The fourth-order valence-electron chi connectivity index (χ4n) is 8.39. The summed E-state index contributed by atoms with van der Waals surface area (Å²) < 4.78 is 62.0. The minimum absolute atomic E-state index is 0.0172. The fraction of sp³-hybridized carbons (Fsp3) is 0.909. The first kappa shape index (κ1) is 63.2. The third-order valence-electron chi connectivity index (χ3n) is 11.9. The van der Waals surface area contributed by atoms with Crippen LogP contribution in [-0.4, -0.2) is 266 Å². The molecule has 3 heterocycles. The van der Waals surface area contributed by atoms with Crippen LogP contribution in [0.15, 0.2) is 0 Å². The smallest absolute Gasteiger partial charge is 0.407 e. The van der Waals surface area contributed by atoms with Crippen LogP contribution in [0.3, 0.4) is 0 Å². The molecule has 3 saturated heterocycles. The maximum Gasteiger partial charge on any atom is 0.407 e. The average Bonchev–Trinajstić information content (AvgIpc) is 3.32. The molecule has 3 fully saturated rings. The predicted octanol–water partition coefficient (Wildman–Crippen LogP) is -5.92. The largest absolute Gasteiger partial charge is 0.447 e. The van der Waals surface area contributed by atoms with Gasteiger partial charge in [0.1, 0.15) is 79.7 Å². The number of carbonyl (C=O) groups is 4. The molecule has 28 nitrogen and oxygen atoms in total. The molecule has 0 aromatic carbocycles. The fourth-order valence-corrected chi connectivity index (χ4v) is 8.39. The monoisotopic (exact) mass is 1050 g/mol. The van der Waals surface area contributed by atoms with Crippen LogP contribution in [0.25, 0.3) is 0 Å². The quantitative estimate of drug-likeness (QED) is 0.0298. The minimum atomic E-state index is -2.14. The number of ether oxygens (including phenoxy) is 11. The first-order valence-electron chi connectivity index (χ1n) is 23.9. The van der Waals surface area contributed by atoms with Gasteiger partial charge in [-0.2, -0.15) is 0 Å². The number of alkyl carbamates (subject to hydrolysis) is 1. The highest BCUT2D eigenvalue weighted by atomic mass is 16.8. The highest BCUT2D eigenvalue weighted by Gasteiger charge is 2.56. The second-order valence-corrected chi connectivity index (χ2v) is 18.5. The van der Waals surface area contributed by atoms with Gasteiger partial charge in [0.05, 0.1) is 84.3 Å². The molecule has 0 aromatic rings. The van der Waals surface area contributed by atoms with Crippen LogP contribution in [0.5, 0.6) is 0 Å². The maximum absolute atomic E-state index is 13.4. The molecule has 3 aliphatic heterocycles. The lowest BCUT2D eigenvalue weighted by molar-refractivity contribution is -0.385. The normalized spacial score (nSPS) is 32.2. The van der Waals surface area contributed by atoms with E-state index in [4.69, 9.17) is 52.1 Å². The number of nitrogens with one attached hydrogen (secondary N) is 4. The molecule has 0 radical (unpaired) electrons. The Morgan fingerprint density at radius 2 is 1.33 bits per heavy atom. The van der Waals surface area contributed by atoms with Crippen molar-refractivity contribution in [2.75, 3.05) is 86.8 Å². The zero-order valence-corrected chi connectivity index (χ0v) is 42.1. The van der Waals surface area contributed by atoms with Crippen molar-refractivity contribution in [3.63, 3.8) is 0 Å². The van der Waals surface area contributed by atoms with Gasteiger partial charge in [-0.3, -0.25) is 14.4 Å². The predicted molar refractivity (Wildman–Crippen MR) is 243 cm³/mol. The number of rotatable bonds is 30. The minimum Gasteiger partial charge on any atom is -0.447 e. The molecular weight excluding hydrogens is 968 g/mol. The van der Waals surface area contributed by atoms with E-state index in [9.17, 15) is 65.1 Å². The zero-order chi connectivity index (χ0) is 53.9. The first-order chi connectivity index (χ1) is 34.1. The van der Waals surface area contributed by atoms with Gasteiger partial charge in [0.25, 0.3) is 0 Å². The van der Waals surface area contributed by atoms with E-state index >= 15 is 0 Å². The molecule has 3 aliphatic rings. The van der Waals surface area contributed by atoms with E-state index in [1.165, 1.54) is 28.1 Å². The number of amides is 4. The first-order valence-corrected chi connectivity index (χ1v) is 23.9. The number of hydrogen-bond acceptors (Lipinski definition) is 24. The molecule has 0 spiro atoms. The molecule has 3 rings (SSSR count). The summed E-state index contributed by atoms with van der Waals surface area (Å²) >= 11 is 0. The molecule has 0 aromatic heterocycles. The lowest BCUT2D eigenvalue weighted by Gasteiger charge is -2.51. The standard InChI is InChI=1S/C44H80N4O24/c1-21(2)36(22(3)4)69-41-31(46-23(5)52)37(33(57)27(18-50)67-41)70-42-35(59)39(34(58)28(19-51)68-42)72-44(6)15-25(53)30(38(71-44)32(56)26(54)17-49)48-29(55)16-45-40(60)24(47-43(61)66-14-10-63-8)20-65-13-12-64-11-9-62-7/h21-22,24-28,30-39,41-42,49-51,53-54,56-59H,9-20H2,1-8H3,(H,45,60)(H,46,52)(H,47,61)(H,48,55)/t24?,25-,26+,27?,28?,30+,31?,32+,33-,34-,35?,37+,38?,39-,41-,42-,44+/m0/s1. The number of methoxy groups -OCH3 is 2. The van der Waals surface area contributed by atoms with Crippen LogP contribution in [0, 0.1) is 11.8 Å². The Balaban J connectivity index is 1.84. The van der Waals surface area contributed by atoms with Gasteiger partial charge in [0.15, 0.2) is 18.4 Å². The topological polar surface area (TPSA) is 400 Å². The van der Waals surface area contributed by atoms with Crippen molar-refractivity contribution in [1.82, 2.24) is 21.3 Å². The van der Waals surface area contributed by atoms with E-state index in [-0.39, 0.29) is 51.5 Å². The molecule has 4 amide bonds. The van der Waals surface area contributed by atoms with E-state index < -0.39 is 166 Å². The number of hydrogen-bond donors (Lipinski definition) is 13. The molecule has 72 heavy (non-hydrogen) atoms. The molecule has 0 saturated carbocycles. The SMILES string of the molecule is COCCOCCOCC(NC(=O)OCCOC)C(=O)NCC(=O)N[C@H]1C([C@H](O)[C@H](O)CO)O[C@](C)(O[C@@H]2C(O)[C@H](O[C@@H]3C(NC(C)=O)[C@H](OC(C(C)C)C(C)C)OC(CO)[C@@H]3O)OC(CO)[C@@H]2O)C[C@@H]1O. The van der Waals surface area contributed by atoms with Gasteiger partial charge in [-0.25, -0.2) is 4.79 Å². The van der Waals surface area contributed by atoms with Crippen LogP contribution in [0.2, 0.25) is 0 Å². The van der Waals surface area contributed by atoms with Crippen LogP contribution >= 0.6 is 0 Å². The van der Waals surface area contributed by atoms with Crippen LogP contribution < -0.4 is 21.3 Å². The Morgan fingerprint density at radius 1 is 0.750 bits per heavy atom. The highest BCUT2D eigenvalue weighted by Crippen LogP contribution is 2.38. The van der Waals surface area contributed by atoms with Crippen molar-refractivity contribution >= 4 is 23.8 Å². The van der Waals surface area contributed by atoms with Gasteiger partial charge >= 0.3 is 6.09 Å². The third-order valence-corrected chi connectivity index (χ3v) is 11.9. The van der Waals surface area contributed by atoms with Crippen LogP contribution in [0.4, 0.5) is 4.79 Å². The van der Waals surface area contributed by atoms with Crippen molar-refractivity contribution in [3.05, 3.63) is 0 Å². The molecule has 0 aliphatic carbocycles. The Hall–Kier alpha value is -3.08. The van der Waals surface area contributed by atoms with Crippen molar-refractivity contribution in [2.24, 2.45) is 11.8 Å². The number of carbonyl (C=O) groups excluding carboxylic acids is 4. The summed E-state index contributed by atoms with van der Waals surface area (Å²) in [6.45, 7) is 6.90. The number of aliphatic hydroxyl groups excluding tert-OH is 9. The average molecular weight is 1050 g/mol. The summed E-state index contributed by atoms with van der Waals surface area (Å²) in [7, 11) is 2.89. The van der Waals surface area contributed by atoms with Crippen LogP contribution in [0.1, 0.15) is 48.0 Å². The number of aliphatic hydroxyl groups is 9. The Labute approximate surface area is 418 Å². The molecule has 420 valence electrons. The second kappa shape index (κ2) is 31.1. The lowest BCUT2D eigenvalue weighted by atomic mass is 9.88. The summed E-state index contributed by atoms with van der Waals surface area (Å²) in [5.74, 6) is -4.73. The van der Waals surface area contributed by atoms with Gasteiger partial charge in [-0.1, -0.05) is 27.7 Å². The zero-order valence-electron chi connectivity index (χ0n) is 42.1. The van der Waals surface area contributed by atoms with Crippen molar-refractivity contribution in [2.45, 2.75) is 158 Å². The van der Waals surface area contributed by atoms with Gasteiger partial charge in [-0.15, -0.1) is 0 Å². The molecule has 13 N–H and O–H groups in total. The Bertz CT molecular complexity index is 1620. The van der Waals surface area contributed by atoms with Gasteiger partial charge in [0, 0.05) is 27.6 Å². The second-order valence-electron chi connectivity index (χ2n) is 18.5. The van der Waals surface area contributed by atoms with Crippen molar-refractivity contribution in [1.29, 1.82) is 0 Å². The van der Waals surface area contributed by atoms with E-state index in [0.717, 1.165) is 0 Å². The summed E-state index contributed by atoms with van der Waals surface area (Å²) in [6, 6.07) is -4.28. The van der Waals surface area contributed by atoms with Gasteiger partial charge < -0.3 is 119 Å². The molecule has 6 unspecified atom stereocenters. The summed E-state index contributed by atoms with van der Waals surface area (Å²) in [5.41, 5.74) is 0. The molecule has 0 bridgehead atoms. The Kier molecular flexibility index (Phi) is 27.3. The summed E-state index contributed by atoms with van der Waals surface area (Å²) in [6.07, 6.45) is -24.7. The molecule has 17 atom stereocenters. The van der Waals surface area contributed by atoms with Gasteiger partial charge in [0.2, 0.25) is 17.7 Å². The third kappa shape index (κ3) is 18.6. The van der Waals surface area contributed by atoms with Crippen molar-refractivity contribution in [3.8, 4) is 0 Å². The molecule has 28 heteroatoms. The molecular formula is C44H80N4O24. The highest BCUT2D eigenvalue weighted by molar-refractivity contribution is 5.89. The van der Waals surface area contributed by atoms with E-state index in [1.54, 1.807) is 0 Å². The van der Waals surface area contributed by atoms with Gasteiger partial charge in [-0.05, 0) is 18.8 Å². The van der Waals surface area contributed by atoms with E-state index in [0.29, 0.717) is 6.61 Å². The summed E-state index contributed by atoms with van der Waals surface area (Å²) in [4.78, 5) is 51.6. The lowest BCUT2D eigenvalue weighted by Crippen LogP contribution is -2.70. The van der Waals surface area contributed by atoms with Crippen LogP contribution in [-0.2, 0) is 66.5 Å². The maximum atomic E-state index is 13.4. The Morgan fingerprint density at radius 3 is 1.92 bits per heavy atom.